The number of hydrogen-bond acceptors (Lipinski definition) is 4. The van der Waals surface area contributed by atoms with Gasteiger partial charge in [-0.15, -0.1) is 0 Å². The third-order valence-electron chi connectivity index (χ3n) is 3.98. The molecular formula is C16H24N2O2. The van der Waals surface area contributed by atoms with Crippen molar-refractivity contribution in [2.75, 3.05) is 45.9 Å². The van der Waals surface area contributed by atoms with E-state index in [-0.39, 0.29) is 0 Å². The summed E-state index contributed by atoms with van der Waals surface area (Å²) in [6.45, 7) is 7.18. The largest absolute Gasteiger partial charge is 0.486 e. The average Bonchev–Trinajstić information content (AvgIpc) is 2.46. The Hall–Kier alpha value is -1.26. The number of nitrogens with zero attached hydrogens (tertiary/aromatic N) is 1. The van der Waals surface area contributed by atoms with E-state index in [0.717, 1.165) is 37.6 Å². The van der Waals surface area contributed by atoms with E-state index in [1.165, 1.54) is 31.5 Å². The van der Waals surface area contributed by atoms with Crippen molar-refractivity contribution >= 4 is 0 Å². The van der Waals surface area contributed by atoms with Gasteiger partial charge in [-0.05, 0) is 63.1 Å². The minimum absolute atomic E-state index is 0.661. The van der Waals surface area contributed by atoms with E-state index in [4.69, 9.17) is 9.47 Å². The first-order valence-corrected chi connectivity index (χ1v) is 7.73. The molecule has 110 valence electrons. The second-order valence-corrected chi connectivity index (χ2v) is 5.53. The van der Waals surface area contributed by atoms with Crippen LogP contribution >= 0.6 is 0 Å². The van der Waals surface area contributed by atoms with E-state index in [0.29, 0.717) is 13.2 Å². The van der Waals surface area contributed by atoms with Gasteiger partial charge in [0.1, 0.15) is 13.2 Å². The monoisotopic (exact) mass is 276 g/mol. The Morgan fingerprint density at radius 2 is 1.75 bits per heavy atom. The van der Waals surface area contributed by atoms with Gasteiger partial charge in [0, 0.05) is 6.54 Å². The van der Waals surface area contributed by atoms with Crippen molar-refractivity contribution in [2.24, 2.45) is 0 Å². The number of benzene rings is 1. The van der Waals surface area contributed by atoms with Gasteiger partial charge < -0.3 is 19.7 Å². The van der Waals surface area contributed by atoms with Crippen LogP contribution in [0.4, 0.5) is 0 Å². The number of nitrogens with one attached hydrogen (secondary N) is 1. The van der Waals surface area contributed by atoms with Gasteiger partial charge in [-0.3, -0.25) is 0 Å². The fourth-order valence-corrected chi connectivity index (χ4v) is 2.85. The molecule has 1 aromatic carbocycles. The standard InChI is InChI=1S/C16H24N2O2/c1-6-17-7-2-9-18(8-1)10-5-14-3-4-15-16(13-14)20-12-11-19-15/h3-4,13,17H,1-2,5-12H2. The highest BCUT2D eigenvalue weighted by Crippen LogP contribution is 2.30. The minimum atomic E-state index is 0.661. The first kappa shape index (κ1) is 13.7. The van der Waals surface area contributed by atoms with Crippen molar-refractivity contribution < 1.29 is 9.47 Å². The molecular weight excluding hydrogens is 252 g/mol. The van der Waals surface area contributed by atoms with E-state index in [2.05, 4.69) is 22.3 Å². The summed E-state index contributed by atoms with van der Waals surface area (Å²) >= 11 is 0. The Bertz CT molecular complexity index is 428. The SMILES string of the molecule is c1cc2c(cc1CCN1CCCNCCC1)OCCO2. The molecule has 0 unspecified atom stereocenters. The predicted molar refractivity (Wildman–Crippen MR) is 79.7 cm³/mol. The fourth-order valence-electron chi connectivity index (χ4n) is 2.85. The van der Waals surface area contributed by atoms with Crippen LogP contribution in [-0.4, -0.2) is 50.8 Å². The van der Waals surface area contributed by atoms with Crippen LogP contribution in [0.15, 0.2) is 18.2 Å². The van der Waals surface area contributed by atoms with Gasteiger partial charge in [-0.25, -0.2) is 0 Å². The van der Waals surface area contributed by atoms with Gasteiger partial charge >= 0.3 is 0 Å². The normalized spacial score (nSPS) is 20.2. The molecule has 0 radical (unpaired) electrons. The van der Waals surface area contributed by atoms with Gasteiger partial charge in [-0.2, -0.15) is 0 Å². The molecule has 1 saturated heterocycles. The van der Waals surface area contributed by atoms with Gasteiger partial charge in [0.05, 0.1) is 0 Å². The van der Waals surface area contributed by atoms with Crippen LogP contribution in [0.1, 0.15) is 18.4 Å². The lowest BCUT2D eigenvalue weighted by molar-refractivity contribution is 0.171. The highest BCUT2D eigenvalue weighted by Gasteiger charge is 2.12. The Kier molecular flexibility index (Phi) is 4.77. The Morgan fingerprint density at radius 1 is 1.00 bits per heavy atom. The summed E-state index contributed by atoms with van der Waals surface area (Å²) in [5.74, 6) is 1.79. The molecule has 4 nitrogen and oxygen atoms in total. The van der Waals surface area contributed by atoms with Crippen molar-refractivity contribution in [2.45, 2.75) is 19.3 Å². The molecule has 2 aliphatic heterocycles. The van der Waals surface area contributed by atoms with Crippen molar-refractivity contribution in [3.63, 3.8) is 0 Å². The molecule has 0 bridgehead atoms. The molecule has 1 N–H and O–H groups in total. The summed E-state index contributed by atoms with van der Waals surface area (Å²) in [5, 5.41) is 3.46. The zero-order valence-electron chi connectivity index (χ0n) is 12.1. The summed E-state index contributed by atoms with van der Waals surface area (Å²) in [5.41, 5.74) is 1.34. The topological polar surface area (TPSA) is 33.7 Å². The van der Waals surface area contributed by atoms with Crippen LogP contribution in [0, 0.1) is 0 Å². The van der Waals surface area contributed by atoms with Crippen LogP contribution in [0.25, 0.3) is 0 Å². The van der Waals surface area contributed by atoms with E-state index in [9.17, 15) is 0 Å². The molecule has 2 aliphatic rings. The van der Waals surface area contributed by atoms with Crippen molar-refractivity contribution in [1.29, 1.82) is 0 Å². The summed E-state index contributed by atoms with van der Waals surface area (Å²) in [7, 11) is 0. The molecule has 4 heteroatoms. The first-order valence-electron chi connectivity index (χ1n) is 7.73. The molecule has 1 fully saturated rings. The van der Waals surface area contributed by atoms with Crippen LogP contribution in [0.5, 0.6) is 11.5 Å². The molecule has 0 aromatic heterocycles. The van der Waals surface area contributed by atoms with E-state index in [1.54, 1.807) is 0 Å². The molecule has 0 aliphatic carbocycles. The smallest absolute Gasteiger partial charge is 0.161 e. The number of fused-ring (bicyclic) bond motifs is 1. The van der Waals surface area contributed by atoms with E-state index < -0.39 is 0 Å². The third kappa shape index (κ3) is 3.64. The lowest BCUT2D eigenvalue weighted by Crippen LogP contribution is -2.35. The lowest BCUT2D eigenvalue weighted by atomic mass is 10.1. The minimum Gasteiger partial charge on any atom is -0.486 e. The van der Waals surface area contributed by atoms with Gasteiger partial charge in [0.15, 0.2) is 11.5 Å². The van der Waals surface area contributed by atoms with Gasteiger partial charge in [0.2, 0.25) is 0 Å². The molecule has 0 spiro atoms. The molecule has 0 saturated carbocycles. The third-order valence-corrected chi connectivity index (χ3v) is 3.98. The maximum absolute atomic E-state index is 5.65. The quantitative estimate of drug-likeness (QED) is 0.911. The Balaban J connectivity index is 1.54. The zero-order chi connectivity index (χ0) is 13.6. The molecule has 0 atom stereocenters. The Labute approximate surface area is 121 Å². The molecule has 2 heterocycles. The average molecular weight is 276 g/mol. The summed E-state index contributed by atoms with van der Waals surface area (Å²) < 4.78 is 11.2. The van der Waals surface area contributed by atoms with E-state index >= 15 is 0 Å². The number of rotatable bonds is 3. The fraction of sp³-hybridized carbons (Fsp3) is 0.625. The lowest BCUT2D eigenvalue weighted by Gasteiger charge is -2.25. The van der Waals surface area contributed by atoms with E-state index in [1.807, 2.05) is 6.07 Å². The van der Waals surface area contributed by atoms with Crippen molar-refractivity contribution in [3.05, 3.63) is 23.8 Å². The Morgan fingerprint density at radius 3 is 2.55 bits per heavy atom. The van der Waals surface area contributed by atoms with Crippen LogP contribution in [0.2, 0.25) is 0 Å². The van der Waals surface area contributed by atoms with Gasteiger partial charge in [-0.1, -0.05) is 6.07 Å². The van der Waals surface area contributed by atoms with Crippen LogP contribution < -0.4 is 14.8 Å². The highest BCUT2D eigenvalue weighted by molar-refractivity contribution is 5.43. The second kappa shape index (κ2) is 6.95. The van der Waals surface area contributed by atoms with Crippen molar-refractivity contribution in [3.8, 4) is 11.5 Å². The predicted octanol–water partition coefficient (Wildman–Crippen LogP) is 1.69. The van der Waals surface area contributed by atoms with Gasteiger partial charge in [0.25, 0.3) is 0 Å². The van der Waals surface area contributed by atoms with Crippen LogP contribution in [0.3, 0.4) is 0 Å². The van der Waals surface area contributed by atoms with Crippen LogP contribution in [-0.2, 0) is 6.42 Å². The number of hydrogen-bond donors (Lipinski definition) is 1. The highest BCUT2D eigenvalue weighted by atomic mass is 16.6. The summed E-state index contributed by atoms with van der Waals surface area (Å²) in [6.07, 6.45) is 3.59. The maximum Gasteiger partial charge on any atom is 0.161 e. The molecule has 1 aromatic rings. The molecule has 20 heavy (non-hydrogen) atoms. The zero-order valence-corrected chi connectivity index (χ0v) is 12.1. The summed E-state index contributed by atoms with van der Waals surface area (Å²) in [6, 6.07) is 6.35. The summed E-state index contributed by atoms with van der Waals surface area (Å²) in [4.78, 5) is 2.58. The molecule has 3 rings (SSSR count). The van der Waals surface area contributed by atoms with Crippen molar-refractivity contribution in [1.82, 2.24) is 10.2 Å². The first-order chi connectivity index (χ1) is 9.92. The maximum atomic E-state index is 5.65. The second-order valence-electron chi connectivity index (χ2n) is 5.53. The number of ether oxygens (including phenoxy) is 2. The molecule has 0 amide bonds.